The lowest BCUT2D eigenvalue weighted by Gasteiger charge is -2.40. The first kappa shape index (κ1) is 15.7. The van der Waals surface area contributed by atoms with Gasteiger partial charge in [0.2, 0.25) is 0 Å². The molecular formula is C14H24O6. The van der Waals surface area contributed by atoms with Gasteiger partial charge in [-0.05, 0) is 13.3 Å². The summed E-state index contributed by atoms with van der Waals surface area (Å²) in [4.78, 5) is 11.6. The van der Waals surface area contributed by atoms with Crippen molar-refractivity contribution < 1.29 is 28.8 Å². The molecule has 0 unspecified atom stereocenters. The van der Waals surface area contributed by atoms with Crippen molar-refractivity contribution in [1.82, 2.24) is 0 Å². The maximum absolute atomic E-state index is 11.6. The van der Waals surface area contributed by atoms with Crippen LogP contribution in [0.1, 0.15) is 39.5 Å². The normalized spacial score (nSPS) is 36.6. The molecule has 0 amide bonds. The van der Waals surface area contributed by atoms with E-state index in [1.807, 2.05) is 6.92 Å². The van der Waals surface area contributed by atoms with Gasteiger partial charge in [-0.1, -0.05) is 13.3 Å². The van der Waals surface area contributed by atoms with Gasteiger partial charge >= 0.3 is 5.97 Å². The monoisotopic (exact) mass is 288 g/mol. The van der Waals surface area contributed by atoms with Gasteiger partial charge in [0, 0.05) is 6.42 Å². The van der Waals surface area contributed by atoms with Gasteiger partial charge in [-0.2, -0.15) is 0 Å². The molecule has 2 heterocycles. The highest BCUT2D eigenvalue weighted by Crippen LogP contribution is 2.33. The molecule has 1 N–H and O–H groups in total. The van der Waals surface area contributed by atoms with Crippen LogP contribution in [0.4, 0.5) is 0 Å². The minimum Gasteiger partial charge on any atom is -0.466 e. The van der Waals surface area contributed by atoms with Crippen LogP contribution in [0.15, 0.2) is 0 Å². The van der Waals surface area contributed by atoms with Crippen LogP contribution < -0.4 is 0 Å². The van der Waals surface area contributed by atoms with E-state index < -0.39 is 11.9 Å². The lowest BCUT2D eigenvalue weighted by atomic mass is 10.1. The van der Waals surface area contributed by atoms with Crippen molar-refractivity contribution in [2.45, 2.75) is 63.6 Å². The van der Waals surface area contributed by atoms with Gasteiger partial charge in [0.1, 0.15) is 18.3 Å². The molecule has 0 aromatic rings. The van der Waals surface area contributed by atoms with Gasteiger partial charge in [-0.25, -0.2) is 0 Å². The number of aliphatic hydroxyl groups is 1. The Morgan fingerprint density at radius 1 is 1.45 bits per heavy atom. The van der Waals surface area contributed by atoms with Gasteiger partial charge in [-0.3, -0.25) is 4.79 Å². The zero-order chi connectivity index (χ0) is 14.6. The number of hydrogen-bond donors (Lipinski definition) is 1. The highest BCUT2D eigenvalue weighted by atomic mass is 16.7. The molecule has 2 saturated heterocycles. The second-order valence-electron chi connectivity index (χ2n) is 5.54. The van der Waals surface area contributed by atoms with Gasteiger partial charge < -0.3 is 24.1 Å². The third kappa shape index (κ3) is 3.91. The number of hydrogen-bond acceptors (Lipinski definition) is 6. The lowest BCUT2D eigenvalue weighted by Crippen LogP contribution is -2.51. The Morgan fingerprint density at radius 2 is 2.25 bits per heavy atom. The average molecular weight is 288 g/mol. The second kappa shape index (κ2) is 6.85. The molecule has 116 valence electrons. The molecule has 0 aromatic heterocycles. The van der Waals surface area contributed by atoms with E-state index in [1.54, 1.807) is 6.92 Å². The SMILES string of the molecule is CCCCOC(=O)CC[C@@]1(C)OC[C@@H]2OC[C@@H](O)[C@@H]2O1. The van der Waals surface area contributed by atoms with E-state index in [1.165, 1.54) is 0 Å². The minimum atomic E-state index is -0.861. The molecule has 4 atom stereocenters. The Kier molecular flexibility index (Phi) is 5.37. The van der Waals surface area contributed by atoms with E-state index in [0.29, 0.717) is 19.6 Å². The standard InChI is InChI=1S/C14H24O6/c1-3-4-7-17-12(16)5-6-14(2)19-9-11-13(20-14)10(15)8-18-11/h10-11,13,15H,3-9H2,1-2H3/t10-,11+,13+,14+/m1/s1. The van der Waals surface area contributed by atoms with Crippen molar-refractivity contribution in [2.24, 2.45) is 0 Å². The molecule has 0 spiro atoms. The molecule has 6 nitrogen and oxygen atoms in total. The summed E-state index contributed by atoms with van der Waals surface area (Å²) in [5.74, 6) is -1.10. The summed E-state index contributed by atoms with van der Waals surface area (Å²) >= 11 is 0. The summed E-state index contributed by atoms with van der Waals surface area (Å²) in [5.41, 5.74) is 0. The predicted octanol–water partition coefficient (Wildman–Crippen LogP) is 1.00. The number of ether oxygens (including phenoxy) is 4. The summed E-state index contributed by atoms with van der Waals surface area (Å²) in [7, 11) is 0. The van der Waals surface area contributed by atoms with E-state index in [2.05, 4.69) is 0 Å². The first-order valence-electron chi connectivity index (χ1n) is 7.31. The highest BCUT2D eigenvalue weighted by Gasteiger charge is 2.47. The predicted molar refractivity (Wildman–Crippen MR) is 70.1 cm³/mol. The zero-order valence-electron chi connectivity index (χ0n) is 12.2. The van der Waals surface area contributed by atoms with E-state index in [9.17, 15) is 9.90 Å². The van der Waals surface area contributed by atoms with Gasteiger partial charge in [0.25, 0.3) is 0 Å². The maximum atomic E-state index is 11.6. The third-order valence-corrected chi connectivity index (χ3v) is 3.71. The molecule has 0 bridgehead atoms. The molecule has 2 aliphatic rings. The van der Waals surface area contributed by atoms with Crippen LogP contribution >= 0.6 is 0 Å². The highest BCUT2D eigenvalue weighted by molar-refractivity contribution is 5.69. The first-order chi connectivity index (χ1) is 9.54. The molecule has 20 heavy (non-hydrogen) atoms. The lowest BCUT2D eigenvalue weighted by molar-refractivity contribution is -0.311. The Hall–Kier alpha value is -0.690. The fourth-order valence-electron chi connectivity index (χ4n) is 2.40. The van der Waals surface area contributed by atoms with Gasteiger partial charge in [0.05, 0.1) is 26.2 Å². The van der Waals surface area contributed by atoms with Crippen LogP contribution in [0, 0.1) is 0 Å². The van der Waals surface area contributed by atoms with Crippen LogP contribution in [0.5, 0.6) is 0 Å². The first-order valence-corrected chi connectivity index (χ1v) is 7.31. The molecule has 0 aliphatic carbocycles. The summed E-state index contributed by atoms with van der Waals surface area (Å²) in [6.45, 7) is 4.94. The maximum Gasteiger partial charge on any atom is 0.305 e. The molecule has 0 aromatic carbocycles. The molecule has 2 rings (SSSR count). The molecule has 2 fully saturated rings. The van der Waals surface area contributed by atoms with Crippen molar-refractivity contribution in [3.8, 4) is 0 Å². The Morgan fingerprint density at radius 3 is 3.00 bits per heavy atom. The summed E-state index contributed by atoms with van der Waals surface area (Å²) in [6.07, 6.45) is 1.32. The van der Waals surface area contributed by atoms with Crippen LogP contribution in [0.3, 0.4) is 0 Å². The zero-order valence-corrected chi connectivity index (χ0v) is 12.2. The minimum absolute atomic E-state index is 0.213. The van der Waals surface area contributed by atoms with Crippen LogP contribution in [-0.2, 0) is 23.7 Å². The molecule has 2 aliphatic heterocycles. The molecule has 0 radical (unpaired) electrons. The van der Waals surface area contributed by atoms with Crippen molar-refractivity contribution in [3.63, 3.8) is 0 Å². The van der Waals surface area contributed by atoms with Crippen molar-refractivity contribution in [3.05, 3.63) is 0 Å². The van der Waals surface area contributed by atoms with E-state index >= 15 is 0 Å². The van der Waals surface area contributed by atoms with Crippen molar-refractivity contribution >= 4 is 5.97 Å². The molecule has 0 saturated carbocycles. The van der Waals surface area contributed by atoms with Gasteiger partial charge in [0.15, 0.2) is 5.79 Å². The van der Waals surface area contributed by atoms with Gasteiger partial charge in [-0.15, -0.1) is 0 Å². The Labute approximate surface area is 119 Å². The third-order valence-electron chi connectivity index (χ3n) is 3.71. The smallest absolute Gasteiger partial charge is 0.305 e. The number of carbonyl (C=O) groups is 1. The summed E-state index contributed by atoms with van der Waals surface area (Å²) in [5, 5.41) is 9.78. The van der Waals surface area contributed by atoms with Crippen molar-refractivity contribution in [1.29, 1.82) is 0 Å². The quantitative estimate of drug-likeness (QED) is 0.580. The van der Waals surface area contributed by atoms with Crippen LogP contribution in [0.2, 0.25) is 0 Å². The van der Waals surface area contributed by atoms with E-state index in [4.69, 9.17) is 18.9 Å². The number of unbranched alkanes of at least 4 members (excludes halogenated alkanes) is 1. The number of rotatable bonds is 6. The molecular weight excluding hydrogens is 264 g/mol. The van der Waals surface area contributed by atoms with E-state index in [0.717, 1.165) is 12.8 Å². The molecule has 6 heteroatoms. The fourth-order valence-corrected chi connectivity index (χ4v) is 2.40. The number of aliphatic hydroxyl groups excluding tert-OH is 1. The van der Waals surface area contributed by atoms with E-state index in [-0.39, 0.29) is 31.2 Å². The number of fused-ring (bicyclic) bond motifs is 1. The summed E-state index contributed by atoms with van der Waals surface area (Å²) in [6, 6.07) is 0. The topological polar surface area (TPSA) is 74.2 Å². The Bertz CT molecular complexity index is 334. The summed E-state index contributed by atoms with van der Waals surface area (Å²) < 4.78 is 21.9. The number of esters is 1. The average Bonchev–Trinajstić information content (AvgIpc) is 2.78. The fraction of sp³-hybridized carbons (Fsp3) is 0.929. The van der Waals surface area contributed by atoms with Crippen LogP contribution in [0.25, 0.3) is 0 Å². The number of carbonyl (C=O) groups excluding carboxylic acids is 1. The van der Waals surface area contributed by atoms with Crippen LogP contribution in [-0.4, -0.2) is 55.0 Å². The second-order valence-corrected chi connectivity index (χ2v) is 5.54. The van der Waals surface area contributed by atoms with Crippen molar-refractivity contribution in [2.75, 3.05) is 19.8 Å². The largest absolute Gasteiger partial charge is 0.466 e. The Balaban J connectivity index is 1.75.